The Kier molecular flexibility index (Phi) is 5.34. The number of amides is 1. The number of benzene rings is 1. The normalized spacial score (nSPS) is 19.1. The highest BCUT2D eigenvalue weighted by molar-refractivity contribution is 5.95. The highest BCUT2D eigenvalue weighted by atomic mass is 16.3. The molecule has 4 heteroatoms. The van der Waals surface area contributed by atoms with E-state index in [1.165, 1.54) is 25.9 Å². The molecule has 0 bridgehead atoms. The SMILES string of the molecule is C[C@@H]1CCCN(CCCCNC(=O)c2cc3ccccc3o2)C1. The van der Waals surface area contributed by atoms with Gasteiger partial charge < -0.3 is 14.6 Å². The van der Waals surface area contributed by atoms with Crippen molar-refractivity contribution in [1.82, 2.24) is 10.2 Å². The monoisotopic (exact) mass is 314 g/mol. The zero-order chi connectivity index (χ0) is 16.1. The number of furan rings is 1. The molecule has 3 rings (SSSR count). The van der Waals surface area contributed by atoms with E-state index >= 15 is 0 Å². The Morgan fingerprint density at radius 2 is 2.22 bits per heavy atom. The lowest BCUT2D eigenvalue weighted by atomic mass is 10.0. The van der Waals surface area contributed by atoms with Gasteiger partial charge in [0.15, 0.2) is 5.76 Å². The summed E-state index contributed by atoms with van der Waals surface area (Å²) >= 11 is 0. The minimum Gasteiger partial charge on any atom is -0.451 e. The van der Waals surface area contributed by atoms with Crippen molar-refractivity contribution in [2.24, 2.45) is 5.92 Å². The Morgan fingerprint density at radius 3 is 3.04 bits per heavy atom. The van der Waals surface area contributed by atoms with E-state index < -0.39 is 0 Å². The molecule has 0 radical (unpaired) electrons. The van der Waals surface area contributed by atoms with Gasteiger partial charge in [-0.25, -0.2) is 0 Å². The van der Waals surface area contributed by atoms with E-state index in [1.54, 1.807) is 6.07 Å². The van der Waals surface area contributed by atoms with Gasteiger partial charge in [-0.15, -0.1) is 0 Å². The summed E-state index contributed by atoms with van der Waals surface area (Å²) in [5.41, 5.74) is 0.761. The van der Waals surface area contributed by atoms with Crippen LogP contribution in [0.4, 0.5) is 0 Å². The van der Waals surface area contributed by atoms with E-state index in [0.717, 1.165) is 36.3 Å². The molecule has 1 fully saturated rings. The number of rotatable bonds is 6. The van der Waals surface area contributed by atoms with Crippen LogP contribution in [0.2, 0.25) is 0 Å². The first-order chi connectivity index (χ1) is 11.2. The van der Waals surface area contributed by atoms with E-state index in [0.29, 0.717) is 12.3 Å². The van der Waals surface area contributed by atoms with Crippen molar-refractivity contribution in [1.29, 1.82) is 0 Å². The van der Waals surface area contributed by atoms with Gasteiger partial charge in [-0.1, -0.05) is 25.1 Å². The first-order valence-corrected chi connectivity index (χ1v) is 8.71. The summed E-state index contributed by atoms with van der Waals surface area (Å²) in [6.45, 7) is 6.64. The van der Waals surface area contributed by atoms with Crippen molar-refractivity contribution in [2.45, 2.75) is 32.6 Å². The van der Waals surface area contributed by atoms with E-state index in [2.05, 4.69) is 17.1 Å². The number of likely N-dealkylation sites (tertiary alicyclic amines) is 1. The third kappa shape index (κ3) is 4.35. The largest absolute Gasteiger partial charge is 0.451 e. The van der Waals surface area contributed by atoms with E-state index in [9.17, 15) is 4.79 Å². The summed E-state index contributed by atoms with van der Waals surface area (Å²) in [5, 5.41) is 3.92. The summed E-state index contributed by atoms with van der Waals surface area (Å²) in [4.78, 5) is 14.7. The van der Waals surface area contributed by atoms with E-state index in [4.69, 9.17) is 4.42 Å². The first-order valence-electron chi connectivity index (χ1n) is 8.71. The molecule has 1 aliphatic heterocycles. The van der Waals surface area contributed by atoms with Crippen LogP contribution in [0.1, 0.15) is 43.2 Å². The molecule has 1 amide bonds. The van der Waals surface area contributed by atoms with Gasteiger partial charge in [-0.2, -0.15) is 0 Å². The number of hydrogen-bond donors (Lipinski definition) is 1. The van der Waals surface area contributed by atoms with Crippen LogP contribution in [0.25, 0.3) is 11.0 Å². The van der Waals surface area contributed by atoms with Gasteiger partial charge in [0.2, 0.25) is 0 Å². The number of unbranched alkanes of at least 4 members (excludes halogenated alkanes) is 1. The Morgan fingerprint density at radius 1 is 1.35 bits per heavy atom. The minimum absolute atomic E-state index is 0.118. The fraction of sp³-hybridized carbons (Fsp3) is 0.526. The highest BCUT2D eigenvalue weighted by Crippen LogP contribution is 2.18. The van der Waals surface area contributed by atoms with Crippen LogP contribution in [0.5, 0.6) is 0 Å². The van der Waals surface area contributed by atoms with Gasteiger partial charge in [0, 0.05) is 18.5 Å². The Bertz CT molecular complexity index is 617. The number of nitrogens with zero attached hydrogens (tertiary/aromatic N) is 1. The number of carbonyl (C=O) groups excluding carboxylic acids is 1. The molecular formula is C19H26N2O2. The number of para-hydroxylation sites is 1. The number of nitrogens with one attached hydrogen (secondary N) is 1. The average Bonchev–Trinajstić information content (AvgIpc) is 2.98. The molecule has 1 atom stereocenters. The van der Waals surface area contributed by atoms with Crippen LogP contribution in [0, 0.1) is 5.92 Å². The topological polar surface area (TPSA) is 45.5 Å². The fourth-order valence-electron chi connectivity index (χ4n) is 3.33. The fourth-order valence-corrected chi connectivity index (χ4v) is 3.33. The molecule has 0 saturated carbocycles. The van der Waals surface area contributed by atoms with Crippen molar-refractivity contribution in [3.63, 3.8) is 0 Å². The summed E-state index contributed by atoms with van der Waals surface area (Å²) in [5.74, 6) is 1.11. The third-order valence-corrected chi connectivity index (χ3v) is 4.58. The van der Waals surface area contributed by atoms with Crippen LogP contribution in [-0.2, 0) is 0 Å². The second kappa shape index (κ2) is 7.64. The predicted molar refractivity (Wildman–Crippen MR) is 92.6 cm³/mol. The molecule has 0 spiro atoms. The summed E-state index contributed by atoms with van der Waals surface area (Å²) < 4.78 is 5.57. The van der Waals surface area contributed by atoms with Gasteiger partial charge >= 0.3 is 0 Å². The molecule has 124 valence electrons. The molecule has 1 saturated heterocycles. The molecule has 2 heterocycles. The zero-order valence-corrected chi connectivity index (χ0v) is 13.9. The standard InChI is InChI=1S/C19H26N2O2/c1-15-7-6-12-21(14-15)11-5-4-10-20-19(22)18-13-16-8-2-3-9-17(16)23-18/h2-3,8-9,13,15H,4-7,10-12,14H2,1H3,(H,20,22)/t15-/m1/s1. The van der Waals surface area contributed by atoms with E-state index in [-0.39, 0.29) is 5.91 Å². The predicted octanol–water partition coefficient (Wildman–Crippen LogP) is 3.67. The lowest BCUT2D eigenvalue weighted by Gasteiger charge is -2.30. The van der Waals surface area contributed by atoms with Gasteiger partial charge in [0.05, 0.1) is 0 Å². The molecule has 1 N–H and O–H groups in total. The molecule has 1 aromatic heterocycles. The number of fused-ring (bicyclic) bond motifs is 1. The van der Waals surface area contributed by atoms with Crippen LogP contribution in [0.3, 0.4) is 0 Å². The lowest BCUT2D eigenvalue weighted by Crippen LogP contribution is -2.35. The molecular weight excluding hydrogens is 288 g/mol. The van der Waals surface area contributed by atoms with Crippen LogP contribution < -0.4 is 5.32 Å². The molecule has 0 unspecified atom stereocenters. The quantitative estimate of drug-likeness (QED) is 0.827. The van der Waals surface area contributed by atoms with Gasteiger partial charge in [0.1, 0.15) is 5.58 Å². The summed E-state index contributed by atoms with van der Waals surface area (Å²) in [6.07, 6.45) is 4.83. The van der Waals surface area contributed by atoms with Crippen molar-refractivity contribution in [3.8, 4) is 0 Å². The summed E-state index contributed by atoms with van der Waals surface area (Å²) in [7, 11) is 0. The smallest absolute Gasteiger partial charge is 0.287 e. The number of piperidine rings is 1. The van der Waals surface area contributed by atoms with E-state index in [1.807, 2.05) is 24.3 Å². The van der Waals surface area contributed by atoms with Crippen LogP contribution >= 0.6 is 0 Å². The zero-order valence-electron chi connectivity index (χ0n) is 13.9. The molecule has 0 aliphatic carbocycles. The number of carbonyl (C=O) groups is 1. The highest BCUT2D eigenvalue weighted by Gasteiger charge is 2.15. The van der Waals surface area contributed by atoms with Crippen molar-refractivity contribution in [3.05, 3.63) is 36.1 Å². The maximum absolute atomic E-state index is 12.1. The Labute approximate surface area is 137 Å². The number of hydrogen-bond acceptors (Lipinski definition) is 3. The lowest BCUT2D eigenvalue weighted by molar-refractivity contribution is 0.0926. The Hall–Kier alpha value is -1.81. The molecule has 2 aromatic rings. The van der Waals surface area contributed by atoms with Gasteiger partial charge in [-0.3, -0.25) is 4.79 Å². The third-order valence-electron chi connectivity index (χ3n) is 4.58. The molecule has 4 nitrogen and oxygen atoms in total. The van der Waals surface area contributed by atoms with Gasteiger partial charge in [-0.05, 0) is 56.8 Å². The molecule has 23 heavy (non-hydrogen) atoms. The van der Waals surface area contributed by atoms with Gasteiger partial charge in [0.25, 0.3) is 5.91 Å². The van der Waals surface area contributed by atoms with Crippen LogP contribution in [-0.4, -0.2) is 37.0 Å². The van der Waals surface area contributed by atoms with Crippen molar-refractivity contribution >= 4 is 16.9 Å². The van der Waals surface area contributed by atoms with Crippen molar-refractivity contribution in [2.75, 3.05) is 26.2 Å². The maximum atomic E-state index is 12.1. The average molecular weight is 314 g/mol. The van der Waals surface area contributed by atoms with Crippen molar-refractivity contribution < 1.29 is 9.21 Å². The summed E-state index contributed by atoms with van der Waals surface area (Å²) in [6, 6.07) is 9.50. The first kappa shape index (κ1) is 16.1. The molecule has 1 aromatic carbocycles. The Balaban J connectivity index is 1.37. The van der Waals surface area contributed by atoms with Crippen LogP contribution in [0.15, 0.2) is 34.7 Å². The molecule has 1 aliphatic rings. The maximum Gasteiger partial charge on any atom is 0.287 e. The minimum atomic E-state index is -0.118. The second-order valence-electron chi connectivity index (χ2n) is 6.66. The second-order valence-corrected chi connectivity index (χ2v) is 6.66.